The van der Waals surface area contributed by atoms with Crippen LogP contribution < -0.4 is 4.90 Å². The Labute approximate surface area is 129 Å². The van der Waals surface area contributed by atoms with Crippen LogP contribution in [0.15, 0.2) is 18.2 Å². The van der Waals surface area contributed by atoms with Gasteiger partial charge in [0.2, 0.25) is 5.91 Å². The molecule has 1 aromatic heterocycles. The molecule has 0 bridgehead atoms. The lowest BCUT2D eigenvalue weighted by Gasteiger charge is -2.12. The molecular weight excluding hydrogens is 311 g/mol. The van der Waals surface area contributed by atoms with Gasteiger partial charge in [0, 0.05) is 31.7 Å². The lowest BCUT2D eigenvalue weighted by atomic mass is 10.1. The van der Waals surface area contributed by atoms with Crippen molar-refractivity contribution in [2.75, 3.05) is 17.2 Å². The average molecular weight is 324 g/mol. The van der Waals surface area contributed by atoms with Crippen molar-refractivity contribution in [2.24, 2.45) is 5.92 Å². The van der Waals surface area contributed by atoms with E-state index in [1.807, 2.05) is 0 Å². The van der Waals surface area contributed by atoms with Crippen molar-refractivity contribution in [2.45, 2.75) is 13.3 Å². The zero-order valence-electron chi connectivity index (χ0n) is 11.3. The van der Waals surface area contributed by atoms with Crippen LogP contribution in [0, 0.1) is 11.7 Å². The Morgan fingerprint density at radius 2 is 2.38 bits per heavy atom. The number of carbonyl (C=O) groups excluding carboxylic acids is 2. The van der Waals surface area contributed by atoms with Gasteiger partial charge in [-0.05, 0) is 18.1 Å². The molecule has 2 aromatic rings. The average Bonchev–Trinajstić information content (AvgIpc) is 2.99. The highest BCUT2D eigenvalue weighted by Gasteiger charge is 2.32. The van der Waals surface area contributed by atoms with Crippen molar-refractivity contribution in [3.63, 3.8) is 0 Å². The summed E-state index contributed by atoms with van der Waals surface area (Å²) in [5.41, 5.74) is 0.573. The summed E-state index contributed by atoms with van der Waals surface area (Å²) in [7, 11) is 0. The molecule has 1 amide bonds. The molecule has 1 unspecified atom stereocenters. The Hall–Kier alpha value is -1.47. The standard InChI is InChI=1S/C14H13FN2O2S2/c1-8(18)20-7-9-4-13(19)17(6-9)14-16-11-5-10(15)2-3-12(11)21-14/h2-3,5,9H,4,6-7H2,1H3. The number of anilines is 1. The first kappa shape index (κ1) is 14.5. The maximum Gasteiger partial charge on any atom is 0.229 e. The first-order chi connectivity index (χ1) is 10.0. The number of thiazole rings is 1. The predicted molar refractivity (Wildman–Crippen MR) is 83.2 cm³/mol. The fourth-order valence-corrected chi connectivity index (χ4v) is 3.98. The fraction of sp³-hybridized carbons (Fsp3) is 0.357. The van der Waals surface area contributed by atoms with Gasteiger partial charge in [-0.25, -0.2) is 9.37 Å². The summed E-state index contributed by atoms with van der Waals surface area (Å²) in [6.45, 7) is 2.10. The van der Waals surface area contributed by atoms with Gasteiger partial charge < -0.3 is 0 Å². The molecule has 1 aliphatic rings. The van der Waals surface area contributed by atoms with E-state index < -0.39 is 0 Å². The van der Waals surface area contributed by atoms with E-state index in [4.69, 9.17) is 0 Å². The number of rotatable bonds is 3. The maximum atomic E-state index is 13.2. The topological polar surface area (TPSA) is 50.3 Å². The second kappa shape index (κ2) is 5.73. The van der Waals surface area contributed by atoms with E-state index >= 15 is 0 Å². The highest BCUT2D eigenvalue weighted by molar-refractivity contribution is 8.13. The lowest BCUT2D eigenvalue weighted by Crippen LogP contribution is -2.24. The molecule has 1 atom stereocenters. The van der Waals surface area contributed by atoms with Gasteiger partial charge in [0.05, 0.1) is 10.2 Å². The van der Waals surface area contributed by atoms with Crippen molar-refractivity contribution in [3.8, 4) is 0 Å². The molecule has 0 N–H and O–H groups in total. The van der Waals surface area contributed by atoms with Gasteiger partial charge in [0.15, 0.2) is 10.2 Å². The van der Waals surface area contributed by atoms with Crippen LogP contribution in [0.2, 0.25) is 0 Å². The van der Waals surface area contributed by atoms with E-state index in [1.165, 1.54) is 42.2 Å². The van der Waals surface area contributed by atoms with E-state index in [1.54, 1.807) is 11.0 Å². The minimum Gasteiger partial charge on any atom is -0.288 e. The minimum absolute atomic E-state index is 0.0173. The normalized spacial score (nSPS) is 18.7. The molecule has 0 radical (unpaired) electrons. The van der Waals surface area contributed by atoms with Crippen LogP contribution in [-0.4, -0.2) is 28.3 Å². The van der Waals surface area contributed by atoms with Crippen LogP contribution in [0.25, 0.3) is 10.2 Å². The molecule has 0 spiro atoms. The van der Waals surface area contributed by atoms with Crippen LogP contribution in [-0.2, 0) is 9.59 Å². The zero-order valence-corrected chi connectivity index (χ0v) is 13.0. The number of fused-ring (bicyclic) bond motifs is 1. The number of thioether (sulfide) groups is 1. The Morgan fingerprint density at radius 3 is 3.14 bits per heavy atom. The fourth-order valence-electron chi connectivity index (χ4n) is 2.32. The molecule has 1 aromatic carbocycles. The predicted octanol–water partition coefficient (Wildman–Crippen LogP) is 3.07. The van der Waals surface area contributed by atoms with Gasteiger partial charge in [0.1, 0.15) is 5.82 Å². The van der Waals surface area contributed by atoms with Crippen LogP contribution in [0.1, 0.15) is 13.3 Å². The number of nitrogens with zero attached hydrogens (tertiary/aromatic N) is 2. The molecule has 0 aliphatic carbocycles. The number of aromatic nitrogens is 1. The molecule has 110 valence electrons. The SMILES string of the molecule is CC(=O)SCC1CC(=O)N(c2nc3cc(F)ccc3s2)C1. The summed E-state index contributed by atoms with van der Waals surface area (Å²) >= 11 is 2.64. The summed E-state index contributed by atoms with van der Waals surface area (Å²) in [4.78, 5) is 29.1. The smallest absolute Gasteiger partial charge is 0.229 e. The van der Waals surface area contributed by atoms with Gasteiger partial charge >= 0.3 is 0 Å². The van der Waals surface area contributed by atoms with Crippen molar-refractivity contribution in [3.05, 3.63) is 24.0 Å². The zero-order chi connectivity index (χ0) is 15.0. The van der Waals surface area contributed by atoms with Crippen LogP contribution in [0.5, 0.6) is 0 Å². The molecule has 3 rings (SSSR count). The Morgan fingerprint density at radius 1 is 1.57 bits per heavy atom. The molecular formula is C14H13FN2O2S2. The third kappa shape index (κ3) is 3.08. The molecule has 4 nitrogen and oxygen atoms in total. The molecule has 1 fully saturated rings. The number of halogens is 1. The van der Waals surface area contributed by atoms with E-state index in [9.17, 15) is 14.0 Å². The summed E-state index contributed by atoms with van der Waals surface area (Å²) in [5.74, 6) is 0.499. The second-order valence-electron chi connectivity index (χ2n) is 4.99. The highest BCUT2D eigenvalue weighted by atomic mass is 32.2. The highest BCUT2D eigenvalue weighted by Crippen LogP contribution is 2.33. The molecule has 2 heterocycles. The van der Waals surface area contributed by atoms with Gasteiger partial charge in [0.25, 0.3) is 0 Å². The number of hydrogen-bond acceptors (Lipinski definition) is 5. The lowest BCUT2D eigenvalue weighted by molar-refractivity contribution is -0.117. The van der Waals surface area contributed by atoms with Crippen molar-refractivity contribution in [1.82, 2.24) is 4.98 Å². The number of hydrogen-bond donors (Lipinski definition) is 0. The molecule has 1 aliphatic heterocycles. The largest absolute Gasteiger partial charge is 0.288 e. The van der Waals surface area contributed by atoms with E-state index in [0.29, 0.717) is 29.4 Å². The number of carbonyl (C=O) groups is 2. The Kier molecular flexibility index (Phi) is 3.95. The molecule has 7 heteroatoms. The third-order valence-corrected chi connectivity index (χ3v) is 5.40. The number of amides is 1. The van der Waals surface area contributed by atoms with E-state index in [2.05, 4.69) is 4.98 Å². The molecule has 1 saturated heterocycles. The summed E-state index contributed by atoms with van der Waals surface area (Å²) in [6, 6.07) is 4.44. The first-order valence-corrected chi connectivity index (χ1v) is 8.33. The van der Waals surface area contributed by atoms with Crippen LogP contribution in [0.4, 0.5) is 9.52 Å². The first-order valence-electron chi connectivity index (χ1n) is 6.53. The second-order valence-corrected chi connectivity index (χ2v) is 7.19. The monoisotopic (exact) mass is 324 g/mol. The van der Waals surface area contributed by atoms with Gasteiger partial charge in [-0.2, -0.15) is 0 Å². The van der Waals surface area contributed by atoms with Crippen LogP contribution in [0.3, 0.4) is 0 Å². The van der Waals surface area contributed by atoms with Gasteiger partial charge in [-0.15, -0.1) is 0 Å². The third-order valence-electron chi connectivity index (χ3n) is 3.30. The Balaban J connectivity index is 1.79. The van der Waals surface area contributed by atoms with Gasteiger partial charge in [-0.3, -0.25) is 14.5 Å². The van der Waals surface area contributed by atoms with Crippen molar-refractivity contribution >= 4 is 49.5 Å². The summed E-state index contributed by atoms with van der Waals surface area (Å²) in [6.07, 6.45) is 0.435. The Bertz CT molecular complexity index is 716. The quantitative estimate of drug-likeness (QED) is 0.871. The maximum absolute atomic E-state index is 13.2. The van der Waals surface area contributed by atoms with Crippen molar-refractivity contribution < 1.29 is 14.0 Å². The van der Waals surface area contributed by atoms with Crippen molar-refractivity contribution in [1.29, 1.82) is 0 Å². The minimum atomic E-state index is -0.331. The van der Waals surface area contributed by atoms with E-state index in [0.717, 1.165) is 4.70 Å². The molecule has 21 heavy (non-hydrogen) atoms. The van der Waals surface area contributed by atoms with Gasteiger partial charge in [-0.1, -0.05) is 23.1 Å². The molecule has 0 saturated carbocycles. The summed E-state index contributed by atoms with van der Waals surface area (Å²) < 4.78 is 14.0. The van der Waals surface area contributed by atoms with E-state index in [-0.39, 0.29) is 22.8 Å². The summed E-state index contributed by atoms with van der Waals surface area (Å²) in [5, 5.41) is 0.673. The van der Waals surface area contributed by atoms with Crippen LogP contribution >= 0.6 is 23.1 Å². The number of benzene rings is 1.